The van der Waals surface area contributed by atoms with Crippen molar-refractivity contribution in [3.8, 4) is 5.75 Å². The van der Waals surface area contributed by atoms with Crippen LogP contribution in [0.15, 0.2) is 24.3 Å². The van der Waals surface area contributed by atoms with E-state index in [0.717, 1.165) is 32.1 Å². The lowest BCUT2D eigenvalue weighted by Crippen LogP contribution is -2.18. The van der Waals surface area contributed by atoms with Crippen LogP contribution < -0.4 is 0 Å². The van der Waals surface area contributed by atoms with Gasteiger partial charge in [0.15, 0.2) is 0 Å². The molecule has 26 heavy (non-hydrogen) atoms. The van der Waals surface area contributed by atoms with Gasteiger partial charge in [-0.15, -0.1) is 0 Å². The number of aromatic hydroxyl groups is 1. The van der Waals surface area contributed by atoms with Gasteiger partial charge in [0.25, 0.3) is 0 Å². The second kappa shape index (κ2) is 14.6. The first-order valence-electron chi connectivity index (χ1n) is 10.7. The normalized spacial score (nSPS) is 12.1. The van der Waals surface area contributed by atoms with Crippen LogP contribution in [-0.2, 0) is 4.74 Å². The van der Waals surface area contributed by atoms with E-state index in [-0.39, 0.29) is 17.8 Å². The van der Waals surface area contributed by atoms with Gasteiger partial charge in [0.1, 0.15) is 11.9 Å². The smallest absolute Gasteiger partial charge is 0.338 e. The summed E-state index contributed by atoms with van der Waals surface area (Å²) in [6.07, 6.45) is 15.9. The summed E-state index contributed by atoms with van der Waals surface area (Å²) in [5.74, 6) is -0.110. The lowest BCUT2D eigenvalue weighted by atomic mass is 10.0. The maximum absolute atomic E-state index is 12.3. The van der Waals surface area contributed by atoms with Crippen LogP contribution in [0, 0.1) is 0 Å². The summed E-state index contributed by atoms with van der Waals surface area (Å²) in [7, 11) is 0. The van der Waals surface area contributed by atoms with E-state index in [1.807, 2.05) is 0 Å². The summed E-state index contributed by atoms with van der Waals surface area (Å²) in [5, 5.41) is 9.33. The van der Waals surface area contributed by atoms with Crippen molar-refractivity contribution in [1.82, 2.24) is 0 Å². The lowest BCUT2D eigenvalue weighted by molar-refractivity contribution is 0.0250. The molecule has 0 spiro atoms. The van der Waals surface area contributed by atoms with E-state index in [2.05, 4.69) is 13.8 Å². The van der Waals surface area contributed by atoms with Crippen LogP contribution in [0.2, 0.25) is 0 Å². The van der Waals surface area contributed by atoms with Gasteiger partial charge in [-0.1, -0.05) is 78.1 Å². The van der Waals surface area contributed by atoms with Crippen molar-refractivity contribution in [3.05, 3.63) is 29.8 Å². The number of rotatable bonds is 15. The number of esters is 1. The molecule has 0 aliphatic rings. The fraction of sp³-hybridized carbons (Fsp3) is 0.696. The predicted octanol–water partition coefficient (Wildman–Crippen LogP) is 7.03. The van der Waals surface area contributed by atoms with Gasteiger partial charge in [-0.3, -0.25) is 0 Å². The zero-order valence-electron chi connectivity index (χ0n) is 16.8. The summed E-state index contributed by atoms with van der Waals surface area (Å²) in [6.45, 7) is 4.42. The lowest BCUT2D eigenvalue weighted by Gasteiger charge is -2.18. The number of benzene rings is 1. The van der Waals surface area contributed by atoms with Gasteiger partial charge in [-0.25, -0.2) is 4.79 Å². The van der Waals surface area contributed by atoms with E-state index in [4.69, 9.17) is 4.74 Å². The van der Waals surface area contributed by atoms with E-state index < -0.39 is 0 Å². The summed E-state index contributed by atoms with van der Waals surface area (Å²) in [6, 6.07) is 6.29. The van der Waals surface area contributed by atoms with Crippen molar-refractivity contribution in [2.45, 2.75) is 103 Å². The van der Waals surface area contributed by atoms with Gasteiger partial charge in [-0.2, -0.15) is 0 Å². The summed E-state index contributed by atoms with van der Waals surface area (Å²) in [4.78, 5) is 12.3. The van der Waals surface area contributed by atoms with E-state index in [0.29, 0.717) is 5.56 Å². The zero-order chi connectivity index (χ0) is 19.0. The Labute approximate surface area is 160 Å². The Hall–Kier alpha value is -1.51. The molecule has 0 radical (unpaired) electrons. The van der Waals surface area contributed by atoms with Crippen molar-refractivity contribution in [2.75, 3.05) is 0 Å². The number of phenolic OH excluding ortho intramolecular Hbond substituents is 1. The molecule has 1 aromatic carbocycles. The van der Waals surface area contributed by atoms with Crippen LogP contribution >= 0.6 is 0 Å². The van der Waals surface area contributed by atoms with E-state index >= 15 is 0 Å². The number of unbranched alkanes of at least 4 members (excludes halogenated alkanes) is 9. The largest absolute Gasteiger partial charge is 0.508 e. The standard InChI is InChI=1S/C23H38O3/c1-3-5-7-8-9-10-11-12-13-15-22(14-6-4-2)26-23(25)20-16-18-21(24)19-17-20/h16-19,22,24H,3-15H2,1-2H3. The number of carbonyl (C=O) groups excluding carboxylic acids is 1. The monoisotopic (exact) mass is 362 g/mol. The molecule has 1 atom stereocenters. The van der Waals surface area contributed by atoms with Crippen molar-refractivity contribution >= 4 is 5.97 Å². The highest BCUT2D eigenvalue weighted by Crippen LogP contribution is 2.18. The molecule has 0 aliphatic carbocycles. The molecule has 1 unspecified atom stereocenters. The molecular formula is C23H38O3. The first kappa shape index (κ1) is 22.5. The summed E-state index contributed by atoms with van der Waals surface area (Å²) >= 11 is 0. The van der Waals surface area contributed by atoms with E-state index in [1.165, 1.54) is 63.5 Å². The average molecular weight is 363 g/mol. The molecule has 148 valence electrons. The molecule has 0 aliphatic heterocycles. The van der Waals surface area contributed by atoms with Gasteiger partial charge in [0, 0.05) is 0 Å². The molecule has 1 N–H and O–H groups in total. The summed E-state index contributed by atoms with van der Waals surface area (Å²) < 4.78 is 5.73. The molecule has 1 aromatic rings. The maximum atomic E-state index is 12.3. The van der Waals surface area contributed by atoms with Gasteiger partial charge in [0.05, 0.1) is 5.56 Å². The van der Waals surface area contributed by atoms with Crippen LogP contribution in [0.3, 0.4) is 0 Å². The minimum atomic E-state index is -0.276. The Morgan fingerprint density at radius 1 is 0.808 bits per heavy atom. The minimum Gasteiger partial charge on any atom is -0.508 e. The molecule has 0 fully saturated rings. The molecular weight excluding hydrogens is 324 g/mol. The highest BCUT2D eigenvalue weighted by molar-refractivity contribution is 5.89. The van der Waals surface area contributed by atoms with Crippen LogP contribution in [0.1, 0.15) is 108 Å². The zero-order valence-corrected chi connectivity index (χ0v) is 16.8. The van der Waals surface area contributed by atoms with Crippen LogP contribution in [0.25, 0.3) is 0 Å². The van der Waals surface area contributed by atoms with Crippen molar-refractivity contribution in [3.63, 3.8) is 0 Å². The van der Waals surface area contributed by atoms with Gasteiger partial charge < -0.3 is 9.84 Å². The van der Waals surface area contributed by atoms with Crippen LogP contribution in [0.5, 0.6) is 5.75 Å². The third-order valence-corrected chi connectivity index (χ3v) is 4.89. The quantitative estimate of drug-likeness (QED) is 0.269. The fourth-order valence-corrected chi connectivity index (χ4v) is 3.19. The molecule has 1 rings (SSSR count). The minimum absolute atomic E-state index is 0.0146. The van der Waals surface area contributed by atoms with Crippen molar-refractivity contribution < 1.29 is 14.6 Å². The fourth-order valence-electron chi connectivity index (χ4n) is 3.19. The van der Waals surface area contributed by atoms with E-state index in [9.17, 15) is 9.90 Å². The van der Waals surface area contributed by atoms with Crippen molar-refractivity contribution in [1.29, 1.82) is 0 Å². The predicted molar refractivity (Wildman–Crippen MR) is 109 cm³/mol. The van der Waals surface area contributed by atoms with Gasteiger partial charge in [-0.05, 0) is 43.5 Å². The number of phenols is 1. The second-order valence-electron chi connectivity index (χ2n) is 7.33. The van der Waals surface area contributed by atoms with Crippen molar-refractivity contribution in [2.24, 2.45) is 0 Å². The number of carbonyl (C=O) groups is 1. The van der Waals surface area contributed by atoms with Crippen LogP contribution in [-0.4, -0.2) is 17.2 Å². The number of ether oxygens (including phenoxy) is 1. The third kappa shape index (κ3) is 10.5. The third-order valence-electron chi connectivity index (χ3n) is 4.89. The highest BCUT2D eigenvalue weighted by Gasteiger charge is 2.15. The molecule has 0 heterocycles. The second-order valence-corrected chi connectivity index (χ2v) is 7.33. The molecule has 0 aromatic heterocycles. The molecule has 0 saturated carbocycles. The Kier molecular flexibility index (Phi) is 12.7. The SMILES string of the molecule is CCCCCCCCCCCC(CCCC)OC(=O)c1ccc(O)cc1. The Morgan fingerprint density at radius 3 is 1.88 bits per heavy atom. The van der Waals surface area contributed by atoms with Crippen LogP contribution in [0.4, 0.5) is 0 Å². The molecule has 0 saturated heterocycles. The average Bonchev–Trinajstić information content (AvgIpc) is 2.65. The van der Waals surface area contributed by atoms with Gasteiger partial charge in [0.2, 0.25) is 0 Å². The Balaban J connectivity index is 2.26. The molecule has 3 heteroatoms. The maximum Gasteiger partial charge on any atom is 0.338 e. The first-order chi connectivity index (χ1) is 12.7. The summed E-state index contributed by atoms with van der Waals surface area (Å²) in [5.41, 5.74) is 0.511. The Bertz CT molecular complexity index is 467. The van der Waals surface area contributed by atoms with E-state index in [1.54, 1.807) is 12.1 Å². The highest BCUT2D eigenvalue weighted by atomic mass is 16.5. The van der Waals surface area contributed by atoms with Gasteiger partial charge >= 0.3 is 5.97 Å². The number of hydrogen-bond acceptors (Lipinski definition) is 3. The molecule has 0 bridgehead atoms. The topological polar surface area (TPSA) is 46.5 Å². The number of hydrogen-bond donors (Lipinski definition) is 1. The first-order valence-corrected chi connectivity index (χ1v) is 10.7. The Morgan fingerprint density at radius 2 is 1.31 bits per heavy atom. The molecule has 3 nitrogen and oxygen atoms in total. The molecule has 0 amide bonds.